The Morgan fingerprint density at radius 2 is 1.33 bits per heavy atom. The summed E-state index contributed by atoms with van der Waals surface area (Å²) < 4.78 is 0. The predicted octanol–water partition coefficient (Wildman–Crippen LogP) is 1.95. The van der Waals surface area contributed by atoms with Crippen LogP contribution in [0.15, 0.2) is 0 Å². The second-order valence-electron chi connectivity index (χ2n) is 2.32. The van der Waals surface area contributed by atoms with Crippen molar-refractivity contribution in [3.8, 4) is 0 Å². The molecule has 2 heteroatoms. The van der Waals surface area contributed by atoms with Gasteiger partial charge in [0.1, 0.15) is 0 Å². The molecule has 0 saturated heterocycles. The Labute approximate surface area is 47.1 Å². The van der Waals surface area contributed by atoms with Gasteiger partial charge in [0, 0.05) is 0 Å². The third kappa shape index (κ3) is 4.75. The molecule has 0 aromatic heterocycles. The van der Waals surface area contributed by atoms with Crippen molar-refractivity contribution in [2.75, 3.05) is 0 Å². The molecule has 0 fully saturated rings. The molecule has 0 amide bonds. The van der Waals surface area contributed by atoms with Crippen molar-refractivity contribution >= 4 is 6.63 Å². The molecule has 0 spiro atoms. The molecule has 0 aliphatic carbocycles. The van der Waals surface area contributed by atoms with Gasteiger partial charge in [-0.2, -0.15) is 0 Å². The van der Waals surface area contributed by atoms with Gasteiger partial charge in [-0.3, -0.25) is 0 Å². The molecule has 0 unspecified atom stereocenters. The Morgan fingerprint density at radius 1 is 1.17 bits per heavy atom. The normalized spacial score (nSPS) is 12.0. The van der Waals surface area contributed by atoms with E-state index in [4.69, 9.17) is 0 Å². The molecule has 0 nitrogen and oxygen atoms in total. The molecule has 0 atom stereocenters. The van der Waals surface area contributed by atoms with E-state index in [0.717, 1.165) is 14.6 Å². The van der Waals surface area contributed by atoms with Crippen LogP contribution in [0.5, 0.6) is 0 Å². The molecule has 0 rings (SSSR count). The second kappa shape index (κ2) is 2.16. The van der Waals surface area contributed by atoms with Crippen molar-refractivity contribution in [3.63, 3.8) is 0 Å². The monoisotopic (exact) mass is 140 g/mol. The summed E-state index contributed by atoms with van der Waals surface area (Å²) in [6.07, 6.45) is 0. The summed E-state index contributed by atoms with van der Waals surface area (Å²) in [5.74, 6) is 2.33. The molecular weight excluding hydrogens is 128 g/mol. The van der Waals surface area contributed by atoms with Crippen LogP contribution in [0, 0.1) is 0 Å². The third-order valence-corrected chi connectivity index (χ3v) is 7.57. The first-order valence-electron chi connectivity index (χ1n) is 2.11. The van der Waals surface area contributed by atoms with Crippen LogP contribution in [0.1, 0.15) is 0 Å². The van der Waals surface area contributed by atoms with Gasteiger partial charge in [0.2, 0.25) is 0 Å². The van der Waals surface area contributed by atoms with Crippen molar-refractivity contribution in [1.82, 2.24) is 0 Å². The Morgan fingerprint density at radius 3 is 1.33 bits per heavy atom. The number of rotatable bonds is 1. The second-order valence-corrected chi connectivity index (χ2v) is 14.6. The molecule has 0 saturated carbocycles. The molecule has 38 valence electrons. The predicted molar refractivity (Wildman–Crippen MR) is 29.2 cm³/mol. The van der Waals surface area contributed by atoms with E-state index in [2.05, 4.69) is 25.4 Å². The number of hydrogen-bond acceptors (Lipinski definition) is 0. The van der Waals surface area contributed by atoms with Crippen molar-refractivity contribution in [2.45, 2.75) is 25.4 Å². The van der Waals surface area contributed by atoms with Gasteiger partial charge in [0.25, 0.3) is 0 Å². The summed E-state index contributed by atoms with van der Waals surface area (Å²) in [6.45, 7) is 6.66. The molecule has 0 heterocycles. The van der Waals surface area contributed by atoms with Gasteiger partial charge >= 0.3 is 46.6 Å². The first-order chi connectivity index (χ1) is 2.56. The summed E-state index contributed by atoms with van der Waals surface area (Å²) in [4.78, 5) is 0. The minimum absolute atomic E-state index is 0.569. The Kier molecular flexibility index (Phi) is 2.43. The maximum atomic E-state index is 2.41. The molecule has 0 radical (unpaired) electrons. The first-order valence-corrected chi connectivity index (χ1v) is 8.71. The van der Waals surface area contributed by atoms with Gasteiger partial charge in [0.05, 0.1) is 0 Å². The van der Waals surface area contributed by atoms with Crippen LogP contribution in [-0.2, 0) is 14.6 Å². The minimum atomic E-state index is -0.569. The van der Waals surface area contributed by atoms with Crippen LogP contribution < -0.4 is 0 Å². The van der Waals surface area contributed by atoms with E-state index in [1.54, 1.807) is 0 Å². The van der Waals surface area contributed by atoms with Gasteiger partial charge in [0.15, 0.2) is 0 Å². The van der Waals surface area contributed by atoms with Crippen molar-refractivity contribution < 1.29 is 14.6 Å². The molecule has 0 aromatic carbocycles. The van der Waals surface area contributed by atoms with Crippen molar-refractivity contribution in [2.24, 2.45) is 0 Å². The van der Waals surface area contributed by atoms with Crippen molar-refractivity contribution in [1.29, 1.82) is 0 Å². The number of hydrogen-bond donors (Lipinski definition) is 0. The van der Waals surface area contributed by atoms with Gasteiger partial charge in [-0.15, -0.1) is 0 Å². The summed E-state index contributed by atoms with van der Waals surface area (Å²) in [5.41, 5.74) is 0. The van der Waals surface area contributed by atoms with E-state index in [9.17, 15) is 0 Å². The van der Waals surface area contributed by atoms with E-state index in [-0.39, 0.29) is 0 Å². The fourth-order valence-corrected chi connectivity index (χ4v) is 0. The third-order valence-electron chi connectivity index (χ3n) is 0.612. The standard InChI is InChI=1S/C3H9Si.CH3.Cr/c1-4(2)3;;/h1-3H3;1H3;. The molecule has 0 bridgehead atoms. The molecule has 6 heavy (non-hydrogen) atoms. The van der Waals surface area contributed by atoms with E-state index in [1.165, 1.54) is 0 Å². The molecular formula is C4H12CrSi. The zero-order valence-electron chi connectivity index (χ0n) is 4.91. The fourth-order valence-electron chi connectivity index (χ4n) is 0. The maximum absolute atomic E-state index is 2.41. The van der Waals surface area contributed by atoms with Gasteiger partial charge < -0.3 is 0 Å². The van der Waals surface area contributed by atoms with Crippen LogP contribution in [0.25, 0.3) is 0 Å². The Balaban J connectivity index is 3.17. The molecule has 0 aliphatic heterocycles. The Hall–Kier alpha value is 0.749. The van der Waals surface area contributed by atoms with Crippen LogP contribution in [0.3, 0.4) is 0 Å². The average molecular weight is 140 g/mol. The van der Waals surface area contributed by atoms with E-state index in [0.29, 0.717) is 0 Å². The van der Waals surface area contributed by atoms with E-state index in [1.807, 2.05) is 0 Å². The zero-order chi connectivity index (χ0) is 5.21. The molecule has 0 N–H and O–H groups in total. The topological polar surface area (TPSA) is 0 Å². The summed E-state index contributed by atoms with van der Waals surface area (Å²) in [6, 6.07) is 0. The zero-order valence-corrected chi connectivity index (χ0v) is 7.18. The fraction of sp³-hybridized carbons (Fsp3) is 1.00. The summed E-state index contributed by atoms with van der Waals surface area (Å²) in [5, 5.41) is 0. The van der Waals surface area contributed by atoms with E-state index < -0.39 is 6.63 Å². The van der Waals surface area contributed by atoms with Crippen molar-refractivity contribution in [3.05, 3.63) is 0 Å². The van der Waals surface area contributed by atoms with Crippen LogP contribution in [0.2, 0.25) is 25.4 Å². The van der Waals surface area contributed by atoms with Crippen LogP contribution in [-0.4, -0.2) is 6.63 Å². The molecule has 0 aliphatic rings. The van der Waals surface area contributed by atoms with Gasteiger partial charge in [-0.1, -0.05) is 0 Å². The average Bonchev–Trinajstić information content (AvgIpc) is 1.35. The summed E-state index contributed by atoms with van der Waals surface area (Å²) >= 11 is 0.951. The van der Waals surface area contributed by atoms with Crippen LogP contribution >= 0.6 is 0 Å². The van der Waals surface area contributed by atoms with E-state index >= 15 is 0 Å². The van der Waals surface area contributed by atoms with Gasteiger partial charge in [-0.05, 0) is 0 Å². The SMILES string of the molecule is [CH3][Cr][Si](C)(C)C. The first kappa shape index (κ1) is 6.75. The molecule has 0 aromatic rings. The summed E-state index contributed by atoms with van der Waals surface area (Å²) in [7, 11) is 0. The Bertz CT molecular complexity index is 37.3. The van der Waals surface area contributed by atoms with Crippen LogP contribution in [0.4, 0.5) is 0 Å². The van der Waals surface area contributed by atoms with Gasteiger partial charge in [-0.25, -0.2) is 0 Å². The quantitative estimate of drug-likeness (QED) is 0.488.